The molecule has 0 saturated carbocycles. The Morgan fingerprint density at radius 2 is 0.938 bits per heavy atom. The van der Waals surface area contributed by atoms with Crippen LogP contribution in [-0.4, -0.2) is 0 Å². The molecule has 48 heavy (non-hydrogen) atoms. The van der Waals surface area contributed by atoms with Gasteiger partial charge in [0.25, 0.3) is 0 Å². The molecular formula is C47H39N. The number of hydrogen-bond acceptors (Lipinski definition) is 1. The van der Waals surface area contributed by atoms with E-state index in [0.29, 0.717) is 0 Å². The van der Waals surface area contributed by atoms with Crippen molar-refractivity contribution in [3.05, 3.63) is 185 Å². The predicted molar refractivity (Wildman–Crippen MR) is 203 cm³/mol. The second kappa shape index (κ2) is 10.6. The second-order valence-electron chi connectivity index (χ2n) is 14.6. The van der Waals surface area contributed by atoms with Crippen LogP contribution in [0.5, 0.6) is 0 Å². The van der Waals surface area contributed by atoms with E-state index in [2.05, 4.69) is 184 Å². The first-order valence-corrected chi connectivity index (χ1v) is 17.2. The quantitative estimate of drug-likeness (QED) is 0.186. The van der Waals surface area contributed by atoms with Crippen molar-refractivity contribution in [2.24, 2.45) is 0 Å². The highest BCUT2D eigenvalue weighted by Crippen LogP contribution is 2.58. The smallest absolute Gasteiger partial charge is 0.0543 e. The third kappa shape index (κ3) is 4.24. The molecule has 0 bridgehead atoms. The average Bonchev–Trinajstić information content (AvgIpc) is 3.47. The molecule has 0 aromatic heterocycles. The number of benzene rings is 7. The normalized spacial score (nSPS) is 14.7. The molecule has 1 nitrogen and oxygen atoms in total. The molecule has 2 aliphatic rings. The van der Waals surface area contributed by atoms with E-state index >= 15 is 0 Å². The summed E-state index contributed by atoms with van der Waals surface area (Å²) in [6.07, 6.45) is 0.953. The van der Waals surface area contributed by atoms with Crippen molar-refractivity contribution < 1.29 is 0 Å². The van der Waals surface area contributed by atoms with Gasteiger partial charge in [0.1, 0.15) is 0 Å². The van der Waals surface area contributed by atoms with E-state index in [1.807, 2.05) is 0 Å². The van der Waals surface area contributed by atoms with Gasteiger partial charge in [-0.15, -0.1) is 0 Å². The lowest BCUT2D eigenvalue weighted by atomic mass is 9.79. The van der Waals surface area contributed by atoms with E-state index in [0.717, 1.165) is 17.8 Å². The number of fused-ring (bicyclic) bond motifs is 8. The molecule has 0 heterocycles. The third-order valence-corrected chi connectivity index (χ3v) is 11.0. The topological polar surface area (TPSA) is 3.24 Å². The Kier molecular flexibility index (Phi) is 6.33. The van der Waals surface area contributed by atoms with Crippen LogP contribution in [0.25, 0.3) is 33.0 Å². The molecule has 0 amide bonds. The lowest BCUT2D eigenvalue weighted by Crippen LogP contribution is -2.18. The Balaban J connectivity index is 1.23. The van der Waals surface area contributed by atoms with Crippen LogP contribution < -0.4 is 4.90 Å². The Morgan fingerprint density at radius 1 is 0.417 bits per heavy atom. The van der Waals surface area contributed by atoms with Gasteiger partial charge in [0.15, 0.2) is 0 Å². The Hall–Kier alpha value is -5.40. The van der Waals surface area contributed by atoms with Gasteiger partial charge >= 0.3 is 0 Å². The van der Waals surface area contributed by atoms with Crippen molar-refractivity contribution >= 4 is 27.8 Å². The third-order valence-electron chi connectivity index (χ3n) is 11.0. The highest BCUT2D eigenvalue weighted by molar-refractivity contribution is 6.10. The number of nitrogens with zero attached hydrogens (tertiary/aromatic N) is 1. The van der Waals surface area contributed by atoms with Crippen LogP contribution in [0.2, 0.25) is 0 Å². The van der Waals surface area contributed by atoms with Gasteiger partial charge in [0.2, 0.25) is 0 Å². The zero-order chi connectivity index (χ0) is 32.6. The van der Waals surface area contributed by atoms with E-state index in [-0.39, 0.29) is 10.8 Å². The van der Waals surface area contributed by atoms with Crippen LogP contribution in [0, 0.1) is 0 Å². The van der Waals surface area contributed by atoms with E-state index in [1.54, 1.807) is 0 Å². The summed E-state index contributed by atoms with van der Waals surface area (Å²) in [7, 11) is 0. The minimum atomic E-state index is -0.169. The van der Waals surface area contributed by atoms with Gasteiger partial charge in [-0.1, -0.05) is 137 Å². The number of anilines is 3. The molecular weight excluding hydrogens is 579 g/mol. The summed E-state index contributed by atoms with van der Waals surface area (Å²) in [5.41, 5.74) is 17.2. The summed E-state index contributed by atoms with van der Waals surface area (Å²) in [6.45, 7) is 9.66. The molecule has 232 valence electrons. The van der Waals surface area contributed by atoms with E-state index < -0.39 is 0 Å². The van der Waals surface area contributed by atoms with Crippen LogP contribution in [0.4, 0.5) is 17.1 Å². The van der Waals surface area contributed by atoms with Crippen molar-refractivity contribution in [1.29, 1.82) is 0 Å². The van der Waals surface area contributed by atoms with E-state index in [1.165, 1.54) is 72.1 Å². The van der Waals surface area contributed by atoms with Gasteiger partial charge < -0.3 is 4.90 Å². The molecule has 0 spiro atoms. The summed E-state index contributed by atoms with van der Waals surface area (Å²) in [4.78, 5) is 2.42. The molecule has 0 atom stereocenters. The van der Waals surface area contributed by atoms with Crippen molar-refractivity contribution in [2.75, 3.05) is 4.90 Å². The highest BCUT2D eigenvalue weighted by atomic mass is 15.1. The molecule has 0 radical (unpaired) electrons. The maximum Gasteiger partial charge on any atom is 0.0543 e. The Morgan fingerprint density at radius 3 is 1.60 bits per heavy atom. The molecule has 0 N–H and O–H groups in total. The first-order valence-electron chi connectivity index (χ1n) is 17.2. The first kappa shape index (κ1) is 28.8. The maximum atomic E-state index is 2.55. The number of rotatable bonds is 5. The van der Waals surface area contributed by atoms with E-state index in [9.17, 15) is 0 Å². The number of para-hydroxylation sites is 2. The van der Waals surface area contributed by atoms with Crippen molar-refractivity contribution in [1.82, 2.24) is 0 Å². The maximum absolute atomic E-state index is 2.55. The van der Waals surface area contributed by atoms with Crippen LogP contribution in [0.3, 0.4) is 0 Å². The summed E-state index contributed by atoms with van der Waals surface area (Å²) in [5, 5.41) is 2.58. The zero-order valence-electron chi connectivity index (χ0n) is 28.1. The summed E-state index contributed by atoms with van der Waals surface area (Å²) < 4.78 is 0. The number of hydrogen-bond donors (Lipinski definition) is 0. The van der Waals surface area contributed by atoms with Crippen LogP contribution >= 0.6 is 0 Å². The molecule has 1 heteroatoms. The summed E-state index contributed by atoms with van der Waals surface area (Å²) >= 11 is 0. The standard InChI is InChI=1S/C47H39N/c1-46(2)40-27-32(26-31-16-8-5-9-17-31)24-25-35(40)38-28-42-39(29-41(38)46)45-37-23-15-14-22-36(37)44(30-43(45)47(42,3)4)48(33-18-10-6-11-19-33)34-20-12-7-13-21-34/h5-25,27-30H,26H2,1-4H3. The van der Waals surface area contributed by atoms with Crippen LogP contribution in [-0.2, 0) is 17.3 Å². The molecule has 9 rings (SSSR count). The van der Waals surface area contributed by atoms with Crippen LogP contribution in [0.1, 0.15) is 61.1 Å². The van der Waals surface area contributed by atoms with Gasteiger partial charge in [-0.25, -0.2) is 0 Å². The molecule has 0 aliphatic heterocycles. The second-order valence-corrected chi connectivity index (χ2v) is 14.6. The van der Waals surface area contributed by atoms with Crippen molar-refractivity contribution in [3.8, 4) is 22.3 Å². The lowest BCUT2D eigenvalue weighted by molar-refractivity contribution is 0.651. The molecule has 0 fully saturated rings. The van der Waals surface area contributed by atoms with Crippen molar-refractivity contribution in [3.63, 3.8) is 0 Å². The molecule has 7 aromatic rings. The SMILES string of the molecule is CC1(C)c2cc(Cc3ccccc3)ccc2-c2cc3c(cc21)-c1c(cc(N(c2ccccc2)c2ccccc2)c2ccccc12)C3(C)C. The minimum absolute atomic E-state index is 0.0908. The lowest BCUT2D eigenvalue weighted by Gasteiger charge is -2.29. The molecule has 0 unspecified atom stereocenters. The molecule has 7 aromatic carbocycles. The van der Waals surface area contributed by atoms with Gasteiger partial charge in [0, 0.05) is 27.6 Å². The molecule has 2 aliphatic carbocycles. The summed E-state index contributed by atoms with van der Waals surface area (Å²) in [5.74, 6) is 0. The fourth-order valence-electron chi connectivity index (χ4n) is 8.54. The first-order chi connectivity index (χ1) is 23.3. The van der Waals surface area contributed by atoms with E-state index in [4.69, 9.17) is 0 Å². The Bertz CT molecular complexity index is 2310. The Labute approximate surface area is 284 Å². The summed E-state index contributed by atoms with van der Waals surface area (Å²) in [6, 6.07) is 56.2. The minimum Gasteiger partial charge on any atom is -0.310 e. The van der Waals surface area contributed by atoms with Gasteiger partial charge in [-0.05, 0) is 110 Å². The largest absolute Gasteiger partial charge is 0.310 e. The van der Waals surface area contributed by atoms with Gasteiger partial charge in [0.05, 0.1) is 5.69 Å². The zero-order valence-corrected chi connectivity index (χ0v) is 28.1. The average molecular weight is 618 g/mol. The monoisotopic (exact) mass is 617 g/mol. The van der Waals surface area contributed by atoms with Crippen LogP contribution in [0.15, 0.2) is 152 Å². The highest BCUT2D eigenvalue weighted by Gasteiger charge is 2.43. The van der Waals surface area contributed by atoms with Gasteiger partial charge in [-0.3, -0.25) is 0 Å². The van der Waals surface area contributed by atoms with Crippen molar-refractivity contribution in [2.45, 2.75) is 44.9 Å². The fraction of sp³-hybridized carbons (Fsp3) is 0.149. The predicted octanol–water partition coefficient (Wildman–Crippen LogP) is 12.5. The molecule has 0 saturated heterocycles. The van der Waals surface area contributed by atoms with Gasteiger partial charge in [-0.2, -0.15) is 0 Å². The fourth-order valence-corrected chi connectivity index (χ4v) is 8.54.